The van der Waals surface area contributed by atoms with Crippen molar-refractivity contribution in [1.29, 1.82) is 0 Å². The first-order valence-electron chi connectivity index (χ1n) is 10.9. The summed E-state index contributed by atoms with van der Waals surface area (Å²) >= 11 is 0. The number of likely N-dealkylation sites (N-methyl/N-ethyl adjacent to an activating group) is 1. The van der Waals surface area contributed by atoms with Gasteiger partial charge in [-0.15, -0.1) is 0 Å². The Kier molecular flexibility index (Phi) is 3.88. The van der Waals surface area contributed by atoms with Crippen LogP contribution < -0.4 is 4.74 Å². The Morgan fingerprint density at radius 2 is 1.83 bits per heavy atom. The largest absolute Gasteiger partial charge is 0.504 e. The lowest BCUT2D eigenvalue weighted by Crippen LogP contribution is -2.55. The average molecular weight is 402 g/mol. The first-order chi connectivity index (χ1) is 14.6. The maximum absolute atomic E-state index is 11.3. The van der Waals surface area contributed by atoms with Crippen LogP contribution >= 0.6 is 0 Å². The van der Waals surface area contributed by atoms with E-state index in [1.807, 2.05) is 24.3 Å². The molecule has 3 aliphatic rings. The number of phenols is 1. The third-order valence-corrected chi connectivity index (χ3v) is 7.87. The van der Waals surface area contributed by atoms with E-state index < -0.39 is 0 Å². The van der Waals surface area contributed by atoms with E-state index in [1.165, 1.54) is 5.56 Å². The first-order valence-corrected chi connectivity index (χ1v) is 10.9. The molecule has 1 fully saturated rings. The number of aromatic hydroxyl groups is 1. The monoisotopic (exact) mass is 401 g/mol. The fourth-order valence-electron chi connectivity index (χ4n) is 6.53. The highest BCUT2D eigenvalue weighted by atomic mass is 16.5. The molecule has 1 aliphatic heterocycles. The van der Waals surface area contributed by atoms with Crippen molar-refractivity contribution in [2.24, 2.45) is 5.92 Å². The molecule has 2 heterocycles. The molecule has 3 atom stereocenters. The lowest BCUT2D eigenvalue weighted by molar-refractivity contribution is 0.107. The van der Waals surface area contributed by atoms with Crippen molar-refractivity contribution < 1.29 is 9.84 Å². The standard InChI is InChI=1S/C25H27N3O2/c1-28-11-5-10-25-14-20-19(26-17-6-3-4-7-18(17)27-20)13-16(25)21(28)12-15-8-9-22(30-2)24(29)23(15)25/h3-4,6-9,16,21,29H,5,10-14H2,1-2H3. The highest BCUT2D eigenvalue weighted by Crippen LogP contribution is 2.57. The summed E-state index contributed by atoms with van der Waals surface area (Å²) < 4.78 is 5.52. The second-order valence-electron chi connectivity index (χ2n) is 9.26. The normalized spacial score (nSPS) is 27.7. The van der Waals surface area contributed by atoms with Crippen LogP contribution in [0, 0.1) is 5.92 Å². The second-order valence-corrected chi connectivity index (χ2v) is 9.26. The zero-order chi connectivity index (χ0) is 20.5. The number of hydrogen-bond acceptors (Lipinski definition) is 5. The van der Waals surface area contributed by atoms with Gasteiger partial charge in [-0.05, 0) is 69.0 Å². The Balaban J connectivity index is 1.61. The molecule has 1 saturated heterocycles. The van der Waals surface area contributed by atoms with E-state index in [0.717, 1.165) is 66.6 Å². The molecule has 3 aromatic rings. The molecule has 2 aliphatic carbocycles. The molecule has 30 heavy (non-hydrogen) atoms. The van der Waals surface area contributed by atoms with Crippen molar-refractivity contribution in [2.45, 2.75) is 43.6 Å². The van der Waals surface area contributed by atoms with E-state index in [-0.39, 0.29) is 5.41 Å². The lowest BCUT2D eigenvalue weighted by atomic mass is 9.54. The number of methoxy groups -OCH3 is 1. The lowest BCUT2D eigenvalue weighted by Gasteiger charge is -2.52. The van der Waals surface area contributed by atoms with Gasteiger partial charge in [-0.1, -0.05) is 18.2 Å². The maximum Gasteiger partial charge on any atom is 0.161 e. The van der Waals surface area contributed by atoms with Crippen molar-refractivity contribution in [3.63, 3.8) is 0 Å². The summed E-state index contributed by atoms with van der Waals surface area (Å²) in [6, 6.07) is 12.7. The van der Waals surface area contributed by atoms with Crippen molar-refractivity contribution in [3.05, 3.63) is 58.9 Å². The van der Waals surface area contributed by atoms with Gasteiger partial charge in [0.1, 0.15) is 0 Å². The Morgan fingerprint density at radius 1 is 1.07 bits per heavy atom. The fraction of sp³-hybridized carbons (Fsp3) is 0.440. The van der Waals surface area contributed by atoms with Gasteiger partial charge >= 0.3 is 0 Å². The summed E-state index contributed by atoms with van der Waals surface area (Å²) in [5.74, 6) is 1.33. The quantitative estimate of drug-likeness (QED) is 0.675. The Labute approximate surface area is 176 Å². The molecule has 1 N–H and O–H groups in total. The summed E-state index contributed by atoms with van der Waals surface area (Å²) in [5, 5.41) is 11.3. The molecule has 1 aromatic heterocycles. The zero-order valence-corrected chi connectivity index (χ0v) is 17.6. The molecule has 6 rings (SSSR count). The molecule has 0 amide bonds. The van der Waals surface area contributed by atoms with Gasteiger partial charge < -0.3 is 14.7 Å². The smallest absolute Gasteiger partial charge is 0.161 e. The SMILES string of the molecule is COc1ccc2c(c1O)C13CCCN(C)C(C2)C1Cc1nc2ccccc2nc1C3. The van der Waals surface area contributed by atoms with E-state index >= 15 is 0 Å². The van der Waals surface area contributed by atoms with Crippen LogP contribution in [0.2, 0.25) is 0 Å². The van der Waals surface area contributed by atoms with Crippen LogP contribution in [0.5, 0.6) is 11.5 Å². The van der Waals surface area contributed by atoms with Gasteiger partial charge in [0.2, 0.25) is 0 Å². The second kappa shape index (κ2) is 6.42. The van der Waals surface area contributed by atoms with Crippen LogP contribution in [0.25, 0.3) is 11.0 Å². The van der Waals surface area contributed by atoms with E-state index in [9.17, 15) is 5.11 Å². The Hall–Kier alpha value is -2.66. The molecular formula is C25H27N3O2. The van der Waals surface area contributed by atoms with Crippen molar-refractivity contribution >= 4 is 11.0 Å². The minimum absolute atomic E-state index is 0.119. The summed E-state index contributed by atoms with van der Waals surface area (Å²) in [4.78, 5) is 12.6. The Bertz CT molecular complexity index is 1160. The van der Waals surface area contributed by atoms with Crippen LogP contribution in [-0.4, -0.2) is 46.7 Å². The van der Waals surface area contributed by atoms with Crippen molar-refractivity contribution in [3.8, 4) is 11.5 Å². The minimum Gasteiger partial charge on any atom is -0.504 e. The van der Waals surface area contributed by atoms with Crippen LogP contribution in [0.1, 0.15) is 35.4 Å². The highest BCUT2D eigenvalue weighted by Gasteiger charge is 2.55. The van der Waals surface area contributed by atoms with Gasteiger partial charge in [0.25, 0.3) is 0 Å². The number of benzene rings is 2. The number of phenolic OH excluding ortho intramolecular Hbond substituents is 1. The van der Waals surface area contributed by atoms with Crippen LogP contribution in [0.4, 0.5) is 0 Å². The van der Waals surface area contributed by atoms with Gasteiger partial charge in [-0.25, -0.2) is 9.97 Å². The van der Waals surface area contributed by atoms with Crippen LogP contribution in [-0.2, 0) is 24.7 Å². The average Bonchev–Trinajstić information content (AvgIpc) is 2.84. The third-order valence-electron chi connectivity index (χ3n) is 7.87. The minimum atomic E-state index is -0.119. The van der Waals surface area contributed by atoms with E-state index in [1.54, 1.807) is 7.11 Å². The van der Waals surface area contributed by atoms with Gasteiger partial charge in [0.05, 0.1) is 29.5 Å². The number of rotatable bonds is 1. The topological polar surface area (TPSA) is 58.5 Å². The maximum atomic E-state index is 11.3. The first kappa shape index (κ1) is 18.1. The number of hydrogen-bond donors (Lipinski definition) is 1. The van der Waals surface area contributed by atoms with Crippen LogP contribution in [0.3, 0.4) is 0 Å². The molecule has 154 valence electrons. The zero-order valence-electron chi connectivity index (χ0n) is 17.6. The van der Waals surface area contributed by atoms with Gasteiger partial charge in [0.15, 0.2) is 11.5 Å². The number of para-hydroxylation sites is 2. The number of nitrogens with zero attached hydrogens (tertiary/aromatic N) is 3. The Morgan fingerprint density at radius 3 is 2.60 bits per heavy atom. The van der Waals surface area contributed by atoms with E-state index in [0.29, 0.717) is 23.5 Å². The summed E-state index contributed by atoms with van der Waals surface area (Å²) in [5.41, 5.74) is 6.43. The van der Waals surface area contributed by atoms with E-state index in [2.05, 4.69) is 24.1 Å². The molecule has 2 bridgehead atoms. The number of likely N-dealkylation sites (tertiary alicyclic amines) is 1. The van der Waals surface area contributed by atoms with Gasteiger partial charge in [-0.2, -0.15) is 0 Å². The highest BCUT2D eigenvalue weighted by molar-refractivity contribution is 5.74. The molecule has 0 saturated carbocycles. The number of fused-ring (bicyclic) bond motifs is 3. The molecular weight excluding hydrogens is 374 g/mol. The van der Waals surface area contributed by atoms with Gasteiger partial charge in [0, 0.05) is 23.4 Å². The predicted molar refractivity (Wildman–Crippen MR) is 116 cm³/mol. The van der Waals surface area contributed by atoms with Crippen molar-refractivity contribution in [1.82, 2.24) is 14.9 Å². The van der Waals surface area contributed by atoms with Crippen LogP contribution in [0.15, 0.2) is 36.4 Å². The molecule has 3 unspecified atom stereocenters. The summed E-state index contributed by atoms with van der Waals surface area (Å²) in [6.45, 7) is 1.09. The van der Waals surface area contributed by atoms with Gasteiger partial charge in [-0.3, -0.25) is 0 Å². The molecule has 0 radical (unpaired) electrons. The van der Waals surface area contributed by atoms with E-state index in [4.69, 9.17) is 14.7 Å². The third kappa shape index (κ3) is 2.38. The molecule has 0 spiro atoms. The summed E-state index contributed by atoms with van der Waals surface area (Å²) in [6.07, 6.45) is 4.89. The summed E-state index contributed by atoms with van der Waals surface area (Å²) in [7, 11) is 3.90. The number of ether oxygens (including phenoxy) is 1. The molecule has 5 heteroatoms. The van der Waals surface area contributed by atoms with Crippen molar-refractivity contribution in [2.75, 3.05) is 20.7 Å². The number of aromatic nitrogens is 2. The molecule has 2 aromatic carbocycles. The fourth-order valence-corrected chi connectivity index (χ4v) is 6.53. The molecule has 5 nitrogen and oxygen atoms in total. The predicted octanol–water partition coefficient (Wildman–Crippen LogP) is 3.65.